The largest absolute Gasteiger partial charge is 0.490 e. The fraction of sp³-hybridized carbons (Fsp3) is 0.581. The summed E-state index contributed by atoms with van der Waals surface area (Å²) in [5.41, 5.74) is 3.51. The molecule has 5 rings (SSSR count). The molecule has 0 aliphatic carbocycles. The van der Waals surface area contributed by atoms with Gasteiger partial charge in [-0.1, -0.05) is 43.7 Å². The first-order chi connectivity index (χ1) is 20.7. The van der Waals surface area contributed by atoms with Gasteiger partial charge in [0.25, 0.3) is 0 Å². The molecule has 3 aliphatic heterocycles. The van der Waals surface area contributed by atoms with Gasteiger partial charge in [0.1, 0.15) is 17.9 Å². The Kier molecular flexibility index (Phi) is 10.6. The Hall–Kier alpha value is -2.74. The van der Waals surface area contributed by atoms with E-state index in [2.05, 4.69) is 17.9 Å². The van der Waals surface area contributed by atoms with Gasteiger partial charge in [0, 0.05) is 19.6 Å². The van der Waals surface area contributed by atoms with Gasteiger partial charge in [-0.2, -0.15) is 13.2 Å². The number of carbonyl (C=O) groups is 1. The van der Waals surface area contributed by atoms with Crippen molar-refractivity contribution in [2.75, 3.05) is 46.1 Å². The Bertz CT molecular complexity index is 1200. The van der Waals surface area contributed by atoms with Gasteiger partial charge in [-0.05, 0) is 35.2 Å². The molecule has 0 bridgehead atoms. The van der Waals surface area contributed by atoms with Crippen molar-refractivity contribution in [1.82, 2.24) is 9.96 Å². The maximum Gasteiger partial charge on any atom is 0.391 e. The van der Waals surface area contributed by atoms with Crippen molar-refractivity contribution in [3.05, 3.63) is 64.7 Å². The number of nitrogens with zero attached hydrogens (tertiary/aromatic N) is 2. The normalized spacial score (nSPS) is 21.6. The molecule has 0 amide bonds. The third-order valence-electron chi connectivity index (χ3n) is 7.37. The maximum atomic E-state index is 13.3. The monoisotopic (exact) mass is 608 g/mol. The zero-order valence-electron chi connectivity index (χ0n) is 24.3. The van der Waals surface area contributed by atoms with Gasteiger partial charge in [-0.25, -0.2) is 4.79 Å². The first kappa shape index (κ1) is 31.7. The van der Waals surface area contributed by atoms with Crippen LogP contribution < -0.4 is 4.74 Å². The van der Waals surface area contributed by atoms with E-state index >= 15 is 0 Å². The highest BCUT2D eigenvalue weighted by molar-refractivity contribution is 5.92. The van der Waals surface area contributed by atoms with Crippen molar-refractivity contribution in [1.29, 1.82) is 0 Å². The fourth-order valence-electron chi connectivity index (χ4n) is 5.09. The number of aliphatic hydroxyl groups excluding tert-OH is 1. The van der Waals surface area contributed by atoms with E-state index in [0.717, 1.165) is 51.3 Å². The Balaban J connectivity index is 1.28. The summed E-state index contributed by atoms with van der Waals surface area (Å²) >= 11 is 0. The molecule has 3 saturated heterocycles. The van der Waals surface area contributed by atoms with Gasteiger partial charge in [0.15, 0.2) is 0 Å². The number of alkyl halides is 3. The van der Waals surface area contributed by atoms with Crippen molar-refractivity contribution >= 4 is 5.97 Å². The maximum absolute atomic E-state index is 13.3. The first-order valence-corrected chi connectivity index (χ1v) is 14.8. The molecule has 4 unspecified atom stereocenters. The molecule has 0 radical (unpaired) electrons. The molecule has 12 heteroatoms. The van der Waals surface area contributed by atoms with Crippen LogP contribution in [0.4, 0.5) is 13.2 Å². The van der Waals surface area contributed by atoms with Crippen LogP contribution in [0.3, 0.4) is 0 Å². The number of hydroxylamine groups is 2. The smallest absolute Gasteiger partial charge is 0.391 e. The molecule has 3 fully saturated rings. The van der Waals surface area contributed by atoms with Crippen LogP contribution in [0.1, 0.15) is 46.8 Å². The summed E-state index contributed by atoms with van der Waals surface area (Å²) in [6.07, 6.45) is -5.43. The number of benzene rings is 2. The number of para-hydroxylation sites is 1. The Morgan fingerprint density at radius 2 is 1.56 bits per heavy atom. The second-order valence-corrected chi connectivity index (χ2v) is 11.3. The molecule has 4 atom stereocenters. The number of epoxide rings is 3. The summed E-state index contributed by atoms with van der Waals surface area (Å²) < 4.78 is 59.7. The van der Waals surface area contributed by atoms with Crippen LogP contribution in [0.25, 0.3) is 0 Å². The Morgan fingerprint density at radius 3 is 2.16 bits per heavy atom. The number of hydrogen-bond acceptors (Lipinski definition) is 9. The van der Waals surface area contributed by atoms with Crippen LogP contribution >= 0.6 is 0 Å². The van der Waals surface area contributed by atoms with E-state index < -0.39 is 31.3 Å². The second kappa shape index (κ2) is 14.4. The van der Waals surface area contributed by atoms with Gasteiger partial charge >= 0.3 is 12.1 Å². The summed E-state index contributed by atoms with van der Waals surface area (Å²) in [7, 11) is 0. The van der Waals surface area contributed by atoms with Crippen LogP contribution in [0.15, 0.2) is 42.5 Å². The van der Waals surface area contributed by atoms with Gasteiger partial charge in [0.05, 0.1) is 63.7 Å². The third-order valence-corrected chi connectivity index (χ3v) is 7.37. The van der Waals surface area contributed by atoms with E-state index in [9.17, 15) is 23.1 Å². The standard InChI is InChI=1S/C31H39F3N2O7/c1-2-6-27-21(12-35(14-24-18-39-24)15-25-19-40-25)7-5-8-22(27)13-36(16-26-20-41-26)43-30(38)28-9-3-4-10-29(28)42-17-23(37)11-31(32,33)34/h3-5,7-10,23-26,37H,2,6,11-20H2,1H3. The van der Waals surface area contributed by atoms with Crippen molar-refractivity contribution in [3.8, 4) is 5.75 Å². The van der Waals surface area contributed by atoms with E-state index in [1.807, 2.05) is 12.1 Å². The molecule has 0 spiro atoms. The predicted octanol–water partition coefficient (Wildman–Crippen LogP) is 3.90. The third kappa shape index (κ3) is 10.4. The molecule has 2 aromatic rings. The van der Waals surface area contributed by atoms with Crippen LogP contribution in [0.2, 0.25) is 0 Å². The van der Waals surface area contributed by atoms with Crippen LogP contribution in [0.5, 0.6) is 5.75 Å². The second-order valence-electron chi connectivity index (χ2n) is 11.3. The zero-order valence-corrected chi connectivity index (χ0v) is 24.3. The molecular weight excluding hydrogens is 569 g/mol. The lowest BCUT2D eigenvalue weighted by Gasteiger charge is -2.26. The lowest BCUT2D eigenvalue weighted by Crippen LogP contribution is -2.33. The number of ether oxygens (including phenoxy) is 4. The summed E-state index contributed by atoms with van der Waals surface area (Å²) in [5.74, 6) is -0.681. The molecular formula is C31H39F3N2O7. The Morgan fingerprint density at radius 1 is 0.953 bits per heavy atom. The number of carbonyl (C=O) groups excluding carboxylic acids is 1. The summed E-state index contributed by atoms with van der Waals surface area (Å²) in [6, 6.07) is 12.3. The van der Waals surface area contributed by atoms with Crippen LogP contribution in [-0.4, -0.2) is 97.7 Å². The highest BCUT2D eigenvalue weighted by Gasteiger charge is 2.33. The van der Waals surface area contributed by atoms with Crippen LogP contribution in [-0.2, 0) is 38.6 Å². The minimum atomic E-state index is -4.53. The van der Waals surface area contributed by atoms with Crippen molar-refractivity contribution in [2.45, 2.75) is 69.9 Å². The summed E-state index contributed by atoms with van der Waals surface area (Å²) in [5, 5.41) is 11.3. The number of halogens is 3. The molecule has 236 valence electrons. The van der Waals surface area contributed by atoms with Crippen molar-refractivity contribution < 1.29 is 46.9 Å². The average Bonchev–Trinajstić information content (AvgIpc) is 3.79. The first-order valence-electron chi connectivity index (χ1n) is 14.8. The SMILES string of the molecule is CCCc1c(CN(CC2CO2)CC2CO2)cccc1CN(CC1CO1)OC(=O)c1ccccc1OCC(O)CC(F)(F)F. The summed E-state index contributed by atoms with van der Waals surface area (Å²) in [6.45, 7) is 6.82. The van der Waals surface area contributed by atoms with Crippen molar-refractivity contribution in [3.63, 3.8) is 0 Å². The quantitative estimate of drug-likeness (QED) is 0.200. The fourth-order valence-corrected chi connectivity index (χ4v) is 5.09. The zero-order chi connectivity index (χ0) is 30.4. The molecule has 2 aromatic carbocycles. The number of hydrogen-bond donors (Lipinski definition) is 1. The lowest BCUT2D eigenvalue weighted by atomic mass is 9.96. The van der Waals surface area contributed by atoms with Gasteiger partial charge in [0.2, 0.25) is 0 Å². The highest BCUT2D eigenvalue weighted by atomic mass is 19.4. The number of rotatable bonds is 18. The van der Waals surface area contributed by atoms with Gasteiger partial charge in [-0.3, -0.25) is 4.90 Å². The highest BCUT2D eigenvalue weighted by Crippen LogP contribution is 2.27. The molecule has 0 aromatic heterocycles. The van der Waals surface area contributed by atoms with Crippen molar-refractivity contribution in [2.24, 2.45) is 0 Å². The molecule has 1 N–H and O–H groups in total. The molecule has 43 heavy (non-hydrogen) atoms. The Labute approximate surface area is 249 Å². The average molecular weight is 609 g/mol. The topological polar surface area (TPSA) is 99.8 Å². The summed E-state index contributed by atoms with van der Waals surface area (Å²) in [4.78, 5) is 21.5. The van der Waals surface area contributed by atoms with E-state index in [1.54, 1.807) is 17.2 Å². The molecule has 9 nitrogen and oxygen atoms in total. The van der Waals surface area contributed by atoms with E-state index in [1.165, 1.54) is 23.3 Å². The molecule has 3 heterocycles. The van der Waals surface area contributed by atoms with Crippen LogP contribution in [0, 0.1) is 0 Å². The van der Waals surface area contributed by atoms with E-state index in [-0.39, 0.29) is 29.6 Å². The number of aliphatic hydroxyl groups is 1. The lowest BCUT2D eigenvalue weighted by molar-refractivity contribution is -0.156. The minimum absolute atomic E-state index is 0.0318. The molecule has 3 aliphatic rings. The van der Waals surface area contributed by atoms with Gasteiger partial charge in [-0.15, -0.1) is 5.06 Å². The molecule has 0 saturated carbocycles. The van der Waals surface area contributed by atoms with Gasteiger partial charge < -0.3 is 28.9 Å². The van der Waals surface area contributed by atoms with E-state index in [0.29, 0.717) is 19.7 Å². The predicted molar refractivity (Wildman–Crippen MR) is 149 cm³/mol. The minimum Gasteiger partial charge on any atom is -0.490 e. The van der Waals surface area contributed by atoms with E-state index in [4.69, 9.17) is 23.8 Å².